The SMILES string of the molecule is CCCN1CCCN(S(=O)(=O)c2cccc(C(C)=O)c2)CC1. The van der Waals surface area contributed by atoms with Gasteiger partial charge in [-0.1, -0.05) is 19.1 Å². The van der Waals surface area contributed by atoms with Crippen molar-refractivity contribution in [2.75, 3.05) is 32.7 Å². The first-order chi connectivity index (χ1) is 10.4. The average molecular weight is 324 g/mol. The Bertz CT molecular complexity index is 628. The lowest BCUT2D eigenvalue weighted by Gasteiger charge is -2.21. The molecule has 0 radical (unpaired) electrons. The molecule has 1 aromatic rings. The van der Waals surface area contributed by atoms with Gasteiger partial charge in [-0.3, -0.25) is 4.79 Å². The first kappa shape index (κ1) is 17.1. The minimum atomic E-state index is -3.53. The Balaban J connectivity index is 2.19. The van der Waals surface area contributed by atoms with E-state index in [4.69, 9.17) is 0 Å². The molecule has 1 fully saturated rings. The second-order valence-electron chi connectivity index (χ2n) is 5.68. The van der Waals surface area contributed by atoms with Crippen LogP contribution in [0.15, 0.2) is 29.2 Å². The van der Waals surface area contributed by atoms with E-state index in [2.05, 4.69) is 11.8 Å². The minimum absolute atomic E-state index is 0.123. The van der Waals surface area contributed by atoms with E-state index in [9.17, 15) is 13.2 Å². The highest BCUT2D eigenvalue weighted by molar-refractivity contribution is 7.89. The van der Waals surface area contributed by atoms with Gasteiger partial charge in [0.05, 0.1) is 4.90 Å². The third kappa shape index (κ3) is 3.94. The number of hydrogen-bond acceptors (Lipinski definition) is 4. The topological polar surface area (TPSA) is 57.7 Å². The van der Waals surface area contributed by atoms with Crippen LogP contribution in [0.2, 0.25) is 0 Å². The Morgan fingerprint density at radius 3 is 2.64 bits per heavy atom. The smallest absolute Gasteiger partial charge is 0.243 e. The second kappa shape index (κ2) is 7.35. The molecule has 0 spiro atoms. The highest BCUT2D eigenvalue weighted by Crippen LogP contribution is 2.19. The van der Waals surface area contributed by atoms with Crippen molar-refractivity contribution in [3.8, 4) is 0 Å². The number of benzene rings is 1. The maximum atomic E-state index is 12.8. The quantitative estimate of drug-likeness (QED) is 0.777. The summed E-state index contributed by atoms with van der Waals surface area (Å²) in [7, 11) is -3.53. The summed E-state index contributed by atoms with van der Waals surface area (Å²) in [4.78, 5) is 14.0. The van der Waals surface area contributed by atoms with E-state index in [1.165, 1.54) is 13.0 Å². The largest absolute Gasteiger partial charge is 0.302 e. The van der Waals surface area contributed by atoms with Crippen LogP contribution in [0.1, 0.15) is 37.0 Å². The lowest BCUT2D eigenvalue weighted by molar-refractivity contribution is 0.101. The number of carbonyl (C=O) groups is 1. The monoisotopic (exact) mass is 324 g/mol. The molecule has 22 heavy (non-hydrogen) atoms. The summed E-state index contributed by atoms with van der Waals surface area (Å²) in [6, 6.07) is 6.32. The molecule has 0 saturated carbocycles. The lowest BCUT2D eigenvalue weighted by Crippen LogP contribution is -2.35. The summed E-state index contributed by atoms with van der Waals surface area (Å²) < 4.78 is 27.1. The van der Waals surface area contributed by atoms with Gasteiger partial charge in [-0.25, -0.2) is 8.42 Å². The summed E-state index contributed by atoms with van der Waals surface area (Å²) in [5.41, 5.74) is 0.434. The first-order valence-corrected chi connectivity index (χ1v) is 9.22. The first-order valence-electron chi connectivity index (χ1n) is 7.78. The zero-order chi connectivity index (χ0) is 16.2. The molecule has 1 saturated heterocycles. The van der Waals surface area contributed by atoms with E-state index >= 15 is 0 Å². The third-order valence-electron chi connectivity index (χ3n) is 3.97. The average Bonchev–Trinajstić information content (AvgIpc) is 2.74. The zero-order valence-electron chi connectivity index (χ0n) is 13.3. The molecule has 0 aromatic heterocycles. The molecular weight excluding hydrogens is 300 g/mol. The van der Waals surface area contributed by atoms with E-state index in [0.29, 0.717) is 18.7 Å². The maximum absolute atomic E-state index is 12.8. The van der Waals surface area contributed by atoms with Crippen LogP contribution < -0.4 is 0 Å². The highest BCUT2D eigenvalue weighted by atomic mass is 32.2. The van der Waals surface area contributed by atoms with Gasteiger partial charge >= 0.3 is 0 Å². The van der Waals surface area contributed by atoms with Crippen LogP contribution in [-0.4, -0.2) is 56.1 Å². The number of nitrogens with zero attached hydrogens (tertiary/aromatic N) is 2. The van der Waals surface area contributed by atoms with Gasteiger partial charge in [-0.05, 0) is 45.0 Å². The van der Waals surface area contributed by atoms with E-state index in [0.717, 1.165) is 32.5 Å². The summed E-state index contributed by atoms with van der Waals surface area (Å²) >= 11 is 0. The number of hydrogen-bond donors (Lipinski definition) is 0. The van der Waals surface area contributed by atoms with Crippen LogP contribution >= 0.6 is 0 Å². The van der Waals surface area contributed by atoms with Gasteiger partial charge in [0.1, 0.15) is 0 Å². The van der Waals surface area contributed by atoms with Crippen LogP contribution in [0.5, 0.6) is 0 Å². The van der Waals surface area contributed by atoms with Crippen LogP contribution in [0.4, 0.5) is 0 Å². The van der Waals surface area contributed by atoms with Crippen molar-refractivity contribution >= 4 is 15.8 Å². The molecule has 0 aliphatic carbocycles. The van der Waals surface area contributed by atoms with Crippen LogP contribution in [0.3, 0.4) is 0 Å². The Kier molecular flexibility index (Phi) is 5.72. The fraction of sp³-hybridized carbons (Fsp3) is 0.562. The van der Waals surface area contributed by atoms with Crippen molar-refractivity contribution in [1.29, 1.82) is 0 Å². The van der Waals surface area contributed by atoms with Gasteiger partial charge in [-0.15, -0.1) is 0 Å². The number of ketones is 1. The molecule has 0 bridgehead atoms. The molecule has 1 aliphatic rings. The molecule has 0 amide bonds. The Morgan fingerprint density at radius 2 is 1.95 bits per heavy atom. The van der Waals surface area contributed by atoms with Gasteiger partial charge in [0.2, 0.25) is 10.0 Å². The van der Waals surface area contributed by atoms with E-state index in [1.807, 2.05) is 0 Å². The fourth-order valence-electron chi connectivity index (χ4n) is 2.75. The Hall–Kier alpha value is -1.24. The molecule has 1 aliphatic heterocycles. The van der Waals surface area contributed by atoms with Crippen molar-refractivity contribution in [2.45, 2.75) is 31.6 Å². The molecule has 122 valence electrons. The van der Waals surface area contributed by atoms with Gasteiger partial charge in [0.15, 0.2) is 5.78 Å². The number of rotatable bonds is 5. The van der Waals surface area contributed by atoms with Crippen LogP contribution in [0, 0.1) is 0 Å². The predicted octanol–water partition coefficient (Wildman–Crippen LogP) is 2.00. The third-order valence-corrected chi connectivity index (χ3v) is 5.86. The molecule has 1 aromatic carbocycles. The molecule has 1 heterocycles. The van der Waals surface area contributed by atoms with Crippen LogP contribution in [-0.2, 0) is 10.0 Å². The second-order valence-corrected chi connectivity index (χ2v) is 7.62. The summed E-state index contributed by atoms with van der Waals surface area (Å²) in [6.45, 7) is 7.33. The fourth-order valence-corrected chi connectivity index (χ4v) is 4.27. The number of sulfonamides is 1. The van der Waals surface area contributed by atoms with Crippen molar-refractivity contribution < 1.29 is 13.2 Å². The van der Waals surface area contributed by atoms with Gasteiger partial charge in [-0.2, -0.15) is 4.31 Å². The number of Topliss-reactive ketones (excluding diaryl/α,β-unsaturated/α-hetero) is 1. The van der Waals surface area contributed by atoms with Crippen LogP contribution in [0.25, 0.3) is 0 Å². The van der Waals surface area contributed by atoms with E-state index in [-0.39, 0.29) is 10.7 Å². The van der Waals surface area contributed by atoms with Crippen molar-refractivity contribution in [2.24, 2.45) is 0 Å². The molecule has 5 nitrogen and oxygen atoms in total. The Labute approximate surface area is 133 Å². The predicted molar refractivity (Wildman–Crippen MR) is 86.6 cm³/mol. The van der Waals surface area contributed by atoms with E-state index in [1.54, 1.807) is 22.5 Å². The standard InChI is InChI=1S/C16H24N2O3S/c1-3-8-17-9-5-10-18(12-11-17)22(20,21)16-7-4-6-15(13-16)14(2)19/h4,6-7,13H,3,5,8-12H2,1-2H3. The van der Waals surface area contributed by atoms with E-state index < -0.39 is 10.0 Å². The molecule has 6 heteroatoms. The molecular formula is C16H24N2O3S. The lowest BCUT2D eigenvalue weighted by atomic mass is 10.2. The summed E-state index contributed by atoms with van der Waals surface area (Å²) in [6.07, 6.45) is 1.92. The van der Waals surface area contributed by atoms with Gasteiger partial charge in [0, 0.05) is 25.2 Å². The highest BCUT2D eigenvalue weighted by Gasteiger charge is 2.27. The van der Waals surface area contributed by atoms with Gasteiger partial charge < -0.3 is 4.90 Å². The zero-order valence-corrected chi connectivity index (χ0v) is 14.1. The number of carbonyl (C=O) groups excluding carboxylic acids is 1. The summed E-state index contributed by atoms with van der Waals surface area (Å²) in [5, 5.41) is 0. The van der Waals surface area contributed by atoms with Gasteiger partial charge in [0.25, 0.3) is 0 Å². The van der Waals surface area contributed by atoms with Crippen molar-refractivity contribution in [3.05, 3.63) is 29.8 Å². The summed E-state index contributed by atoms with van der Waals surface area (Å²) in [5.74, 6) is -0.123. The normalized spacial score (nSPS) is 18.1. The molecule has 0 unspecified atom stereocenters. The van der Waals surface area contributed by atoms with Crippen molar-refractivity contribution in [1.82, 2.24) is 9.21 Å². The Morgan fingerprint density at radius 1 is 1.18 bits per heavy atom. The minimum Gasteiger partial charge on any atom is -0.302 e. The molecule has 0 N–H and O–H groups in total. The maximum Gasteiger partial charge on any atom is 0.243 e. The molecule has 0 atom stereocenters. The van der Waals surface area contributed by atoms with Crippen molar-refractivity contribution in [3.63, 3.8) is 0 Å². The molecule has 2 rings (SSSR count).